The number of benzene rings is 2. The van der Waals surface area contributed by atoms with Crippen LogP contribution in [0.1, 0.15) is 41.8 Å². The number of fused-ring (bicyclic) bond motifs is 1. The van der Waals surface area contributed by atoms with Crippen molar-refractivity contribution in [1.82, 2.24) is 10.6 Å². The number of nitrogens with zero attached hydrogens (tertiary/aromatic N) is 1. The number of carbonyl (C=O) groups is 2. The fourth-order valence-electron chi connectivity index (χ4n) is 4.30. The van der Waals surface area contributed by atoms with E-state index in [1.54, 1.807) is 6.07 Å². The van der Waals surface area contributed by atoms with E-state index >= 15 is 0 Å². The van der Waals surface area contributed by atoms with E-state index in [1.807, 2.05) is 42.5 Å². The molecule has 2 amide bonds. The van der Waals surface area contributed by atoms with Gasteiger partial charge in [0.2, 0.25) is 5.91 Å². The second kappa shape index (κ2) is 7.16. The van der Waals surface area contributed by atoms with E-state index in [4.69, 9.17) is 9.15 Å². The molecule has 0 bridgehead atoms. The van der Waals surface area contributed by atoms with Gasteiger partial charge in [0.15, 0.2) is 5.76 Å². The largest absolute Gasteiger partial charge is 0.451 e. The lowest BCUT2D eigenvalue weighted by Crippen LogP contribution is -2.52. The van der Waals surface area contributed by atoms with E-state index in [0.29, 0.717) is 44.5 Å². The Morgan fingerprint density at radius 3 is 2.24 bits per heavy atom. The molecule has 3 aromatic rings. The Balaban J connectivity index is 1.19. The average molecular weight is 457 g/mol. The first-order valence-corrected chi connectivity index (χ1v) is 11.3. The van der Waals surface area contributed by atoms with Crippen LogP contribution in [-0.2, 0) is 15.1 Å². The van der Waals surface area contributed by atoms with Crippen molar-refractivity contribution in [2.24, 2.45) is 0 Å². The van der Waals surface area contributed by atoms with Gasteiger partial charge >= 0.3 is 0 Å². The number of aliphatic hydroxyl groups is 1. The van der Waals surface area contributed by atoms with E-state index in [0.717, 1.165) is 22.1 Å². The third-order valence-electron chi connectivity index (χ3n) is 7.04. The smallest absolute Gasteiger partial charge is 0.287 e. The summed E-state index contributed by atoms with van der Waals surface area (Å²) in [5.41, 5.74) is 0.614. The summed E-state index contributed by atoms with van der Waals surface area (Å²) in [6.07, 6.45) is 2.35. The minimum atomic E-state index is -0.967. The third kappa shape index (κ3) is 3.45. The van der Waals surface area contributed by atoms with Crippen molar-refractivity contribution in [3.05, 3.63) is 59.9 Å². The monoisotopic (exact) mass is 457 g/mol. The van der Waals surface area contributed by atoms with Gasteiger partial charge in [-0.1, -0.05) is 36.4 Å². The second-order valence-corrected chi connectivity index (χ2v) is 9.65. The molecule has 8 heteroatoms. The molecule has 0 atom stereocenters. The van der Waals surface area contributed by atoms with Crippen molar-refractivity contribution in [2.75, 3.05) is 13.2 Å². The van der Waals surface area contributed by atoms with E-state index in [9.17, 15) is 20.0 Å². The molecular formula is C26H23N3O5. The Kier molecular flexibility index (Phi) is 4.40. The fraction of sp³-hybridized carbons (Fsp3) is 0.346. The molecule has 0 unspecified atom stereocenters. The summed E-state index contributed by atoms with van der Waals surface area (Å²) >= 11 is 0. The summed E-state index contributed by atoms with van der Waals surface area (Å²) in [5.74, 6) is -0.623. The lowest BCUT2D eigenvalue weighted by molar-refractivity contribution is -0.184. The molecule has 6 rings (SSSR count). The molecule has 172 valence electrons. The molecule has 34 heavy (non-hydrogen) atoms. The van der Waals surface area contributed by atoms with Crippen molar-refractivity contribution < 1.29 is 23.8 Å². The number of hydrogen-bond acceptors (Lipinski definition) is 6. The summed E-state index contributed by atoms with van der Waals surface area (Å²) in [7, 11) is 0. The van der Waals surface area contributed by atoms with Gasteiger partial charge in [-0.15, -0.1) is 0 Å². The van der Waals surface area contributed by atoms with Crippen molar-refractivity contribution in [3.63, 3.8) is 0 Å². The molecule has 3 fully saturated rings. The molecule has 1 aromatic heterocycles. The number of furan rings is 1. The first kappa shape index (κ1) is 20.9. The molecular weight excluding hydrogens is 434 g/mol. The predicted octanol–water partition coefficient (Wildman–Crippen LogP) is 2.75. The molecule has 2 saturated carbocycles. The quantitative estimate of drug-likeness (QED) is 0.523. The Labute approximate surface area is 195 Å². The zero-order chi connectivity index (χ0) is 23.6. The summed E-state index contributed by atoms with van der Waals surface area (Å²) in [6.45, 7) is 0.607. The van der Waals surface area contributed by atoms with Crippen molar-refractivity contribution in [3.8, 4) is 17.2 Å². The summed E-state index contributed by atoms with van der Waals surface area (Å²) in [6, 6.07) is 17.2. The number of nitriles is 1. The van der Waals surface area contributed by atoms with Gasteiger partial charge in [0.05, 0.1) is 19.3 Å². The Morgan fingerprint density at radius 1 is 0.941 bits per heavy atom. The molecule has 0 spiro atoms. The van der Waals surface area contributed by atoms with Gasteiger partial charge in [-0.2, -0.15) is 5.26 Å². The number of rotatable bonds is 6. The normalized spacial score (nSPS) is 20.6. The first-order valence-electron chi connectivity index (χ1n) is 11.3. The van der Waals surface area contributed by atoms with Crippen LogP contribution in [0, 0.1) is 11.3 Å². The molecule has 3 N–H and O–H groups in total. The number of nitrogens with one attached hydrogen (secondary N) is 2. The van der Waals surface area contributed by atoms with Gasteiger partial charge in [-0.25, -0.2) is 0 Å². The Bertz CT molecular complexity index is 1360. The van der Waals surface area contributed by atoms with E-state index < -0.39 is 22.6 Å². The predicted molar refractivity (Wildman–Crippen MR) is 122 cm³/mol. The minimum absolute atomic E-state index is 0.134. The van der Waals surface area contributed by atoms with E-state index in [-0.39, 0.29) is 11.7 Å². The zero-order valence-corrected chi connectivity index (χ0v) is 18.4. The highest BCUT2D eigenvalue weighted by Gasteiger charge is 2.55. The maximum absolute atomic E-state index is 12.9. The second-order valence-electron chi connectivity index (χ2n) is 9.65. The van der Waals surface area contributed by atoms with Crippen LogP contribution in [-0.4, -0.2) is 41.2 Å². The van der Waals surface area contributed by atoms with Crippen LogP contribution < -0.4 is 10.6 Å². The molecule has 2 aliphatic carbocycles. The van der Waals surface area contributed by atoms with E-state index in [2.05, 4.69) is 16.7 Å². The standard InChI is InChI=1S/C26H23N3O5/c27-13-24(7-8-24)29-23(31)25(9-10-25)28-22(30)21-12-18-2-1-17(11-20(18)34-21)16-3-5-19(6-4-16)26(32)14-33-15-26/h1-6,11-12,32H,7-10,14-15H2,(H,28,30)(H,29,31). The molecule has 8 nitrogen and oxygen atoms in total. The van der Waals surface area contributed by atoms with Crippen LogP contribution in [0.25, 0.3) is 22.1 Å². The van der Waals surface area contributed by atoms with Gasteiger partial charge < -0.3 is 24.9 Å². The summed E-state index contributed by atoms with van der Waals surface area (Å²) < 4.78 is 11.0. The molecule has 0 radical (unpaired) electrons. The molecule has 1 saturated heterocycles. The highest BCUT2D eigenvalue weighted by Crippen LogP contribution is 2.40. The number of amides is 2. The third-order valence-corrected chi connectivity index (χ3v) is 7.04. The van der Waals surface area contributed by atoms with Gasteiger partial charge in [0.25, 0.3) is 5.91 Å². The number of carbonyl (C=O) groups excluding carboxylic acids is 2. The summed E-state index contributed by atoms with van der Waals surface area (Å²) in [4.78, 5) is 25.5. The number of ether oxygens (including phenoxy) is 1. The topological polar surface area (TPSA) is 125 Å². The lowest BCUT2D eigenvalue weighted by Gasteiger charge is -2.36. The van der Waals surface area contributed by atoms with Crippen LogP contribution in [0.15, 0.2) is 52.9 Å². The number of hydrogen-bond donors (Lipinski definition) is 3. The summed E-state index contributed by atoms with van der Waals surface area (Å²) in [5, 5.41) is 26.0. The fourth-order valence-corrected chi connectivity index (χ4v) is 4.30. The Morgan fingerprint density at radius 2 is 1.65 bits per heavy atom. The van der Waals surface area contributed by atoms with Gasteiger partial charge in [0, 0.05) is 5.39 Å². The highest BCUT2D eigenvalue weighted by molar-refractivity contribution is 6.02. The zero-order valence-electron chi connectivity index (χ0n) is 18.4. The van der Waals surface area contributed by atoms with E-state index in [1.165, 1.54) is 0 Å². The van der Waals surface area contributed by atoms with Gasteiger partial charge in [-0.05, 0) is 54.5 Å². The molecule has 3 aliphatic rings. The maximum atomic E-state index is 12.9. The highest BCUT2D eigenvalue weighted by atomic mass is 16.5. The molecule has 2 aromatic carbocycles. The lowest BCUT2D eigenvalue weighted by atomic mass is 9.90. The molecule has 1 aliphatic heterocycles. The van der Waals surface area contributed by atoms with Crippen LogP contribution in [0.4, 0.5) is 0 Å². The van der Waals surface area contributed by atoms with Crippen LogP contribution >= 0.6 is 0 Å². The average Bonchev–Trinajstić information content (AvgIpc) is 3.74. The van der Waals surface area contributed by atoms with Gasteiger partial charge in [0.1, 0.15) is 22.3 Å². The Hall–Kier alpha value is -3.67. The van der Waals surface area contributed by atoms with Crippen LogP contribution in [0.5, 0.6) is 0 Å². The minimum Gasteiger partial charge on any atom is -0.451 e. The van der Waals surface area contributed by atoms with Crippen molar-refractivity contribution in [1.29, 1.82) is 5.26 Å². The SMILES string of the molecule is N#CC1(NC(=O)C2(NC(=O)c3cc4ccc(-c5ccc(C6(O)COC6)cc5)cc4o3)CC2)CC1. The van der Waals surface area contributed by atoms with Crippen LogP contribution in [0.2, 0.25) is 0 Å². The molecule has 2 heterocycles. The van der Waals surface area contributed by atoms with Gasteiger partial charge in [-0.3, -0.25) is 9.59 Å². The maximum Gasteiger partial charge on any atom is 0.287 e. The van der Waals surface area contributed by atoms with Crippen molar-refractivity contribution in [2.45, 2.75) is 42.4 Å². The van der Waals surface area contributed by atoms with Crippen LogP contribution in [0.3, 0.4) is 0 Å². The van der Waals surface area contributed by atoms with Crippen molar-refractivity contribution >= 4 is 22.8 Å². The first-order chi connectivity index (χ1) is 16.3.